The maximum absolute atomic E-state index is 12.8. The summed E-state index contributed by atoms with van der Waals surface area (Å²) in [6, 6.07) is 13.5. The molecule has 0 heterocycles. The van der Waals surface area contributed by atoms with Crippen molar-refractivity contribution in [1.82, 2.24) is 5.32 Å². The molecule has 0 aliphatic rings. The predicted octanol–water partition coefficient (Wildman–Crippen LogP) is 3.34. The molecule has 0 saturated heterocycles. The molecular weight excluding hydrogens is 295 g/mol. The molecule has 0 bridgehead atoms. The molecule has 2 N–H and O–H groups in total. The van der Waals surface area contributed by atoms with Gasteiger partial charge in [0.05, 0.1) is 18.3 Å². The average Bonchev–Trinajstić information content (AvgIpc) is 2.53. The summed E-state index contributed by atoms with van der Waals surface area (Å²) in [6.07, 6.45) is 0.0604. The smallest absolute Gasteiger partial charge is 0.239 e. The number of rotatable bonds is 7. The van der Waals surface area contributed by atoms with Crippen molar-refractivity contribution in [3.05, 3.63) is 59.9 Å². The highest BCUT2D eigenvalue weighted by atomic mass is 19.1. The molecule has 5 heteroatoms. The Morgan fingerprint density at radius 2 is 1.83 bits per heavy atom. The van der Waals surface area contributed by atoms with E-state index in [-0.39, 0.29) is 24.4 Å². The third-order valence-corrected chi connectivity index (χ3v) is 3.09. The molecule has 2 rings (SSSR count). The Hall–Kier alpha value is -2.56. The summed E-state index contributed by atoms with van der Waals surface area (Å²) in [6.45, 7) is 4.41. The summed E-state index contributed by atoms with van der Waals surface area (Å²) < 4.78 is 18.5. The molecule has 0 radical (unpaired) electrons. The molecule has 0 unspecified atom stereocenters. The lowest BCUT2D eigenvalue weighted by Gasteiger charge is -2.15. The van der Waals surface area contributed by atoms with Gasteiger partial charge in [-0.2, -0.15) is 0 Å². The molecule has 122 valence electrons. The zero-order valence-corrected chi connectivity index (χ0v) is 13.3. The van der Waals surface area contributed by atoms with Crippen LogP contribution in [0.5, 0.6) is 5.75 Å². The SMILES string of the molecule is CC(C)Oc1ccccc1NCC(=O)NCc1ccc(F)cc1. The largest absolute Gasteiger partial charge is 0.489 e. The van der Waals surface area contributed by atoms with Gasteiger partial charge in [-0.15, -0.1) is 0 Å². The van der Waals surface area contributed by atoms with E-state index in [1.807, 2.05) is 38.1 Å². The Bertz CT molecular complexity index is 642. The van der Waals surface area contributed by atoms with E-state index in [9.17, 15) is 9.18 Å². The van der Waals surface area contributed by atoms with Crippen LogP contribution in [-0.2, 0) is 11.3 Å². The van der Waals surface area contributed by atoms with E-state index in [1.54, 1.807) is 12.1 Å². The minimum Gasteiger partial charge on any atom is -0.489 e. The van der Waals surface area contributed by atoms with Crippen LogP contribution in [0.1, 0.15) is 19.4 Å². The van der Waals surface area contributed by atoms with Crippen LogP contribution >= 0.6 is 0 Å². The Labute approximate surface area is 135 Å². The van der Waals surface area contributed by atoms with Crippen LogP contribution in [0.15, 0.2) is 48.5 Å². The van der Waals surface area contributed by atoms with Crippen LogP contribution in [0.25, 0.3) is 0 Å². The van der Waals surface area contributed by atoms with Gasteiger partial charge in [0.1, 0.15) is 11.6 Å². The summed E-state index contributed by atoms with van der Waals surface area (Å²) in [7, 11) is 0. The topological polar surface area (TPSA) is 50.4 Å². The second-order valence-electron chi connectivity index (χ2n) is 5.42. The number of ether oxygens (including phenoxy) is 1. The van der Waals surface area contributed by atoms with E-state index in [0.717, 1.165) is 11.3 Å². The minimum atomic E-state index is -0.288. The minimum absolute atomic E-state index is 0.0604. The number of para-hydroxylation sites is 2. The van der Waals surface area contributed by atoms with Gasteiger partial charge in [0.15, 0.2) is 0 Å². The lowest BCUT2D eigenvalue weighted by molar-refractivity contribution is -0.119. The zero-order valence-electron chi connectivity index (χ0n) is 13.3. The molecule has 4 nitrogen and oxygen atoms in total. The Kier molecular flexibility index (Phi) is 5.97. The van der Waals surface area contributed by atoms with E-state index >= 15 is 0 Å². The summed E-state index contributed by atoms with van der Waals surface area (Å²) in [5.74, 6) is 0.283. The second-order valence-corrected chi connectivity index (χ2v) is 5.42. The van der Waals surface area contributed by atoms with E-state index in [4.69, 9.17) is 4.74 Å². The Balaban J connectivity index is 1.83. The molecular formula is C18H21FN2O2. The number of benzene rings is 2. The summed E-state index contributed by atoms with van der Waals surface area (Å²) in [5.41, 5.74) is 1.63. The Morgan fingerprint density at radius 3 is 2.52 bits per heavy atom. The molecule has 2 aromatic carbocycles. The van der Waals surface area contributed by atoms with Crippen molar-refractivity contribution < 1.29 is 13.9 Å². The van der Waals surface area contributed by atoms with Crippen LogP contribution < -0.4 is 15.4 Å². The molecule has 23 heavy (non-hydrogen) atoms. The van der Waals surface area contributed by atoms with Gasteiger partial charge in [-0.05, 0) is 43.7 Å². The van der Waals surface area contributed by atoms with E-state index < -0.39 is 0 Å². The molecule has 2 aromatic rings. The van der Waals surface area contributed by atoms with Crippen LogP contribution in [0.3, 0.4) is 0 Å². The molecule has 0 aliphatic carbocycles. The van der Waals surface area contributed by atoms with Crippen molar-refractivity contribution in [2.75, 3.05) is 11.9 Å². The Morgan fingerprint density at radius 1 is 1.13 bits per heavy atom. The first-order chi connectivity index (χ1) is 11.0. The highest BCUT2D eigenvalue weighted by molar-refractivity contribution is 5.81. The molecule has 0 fully saturated rings. The van der Waals surface area contributed by atoms with Crippen LogP contribution in [-0.4, -0.2) is 18.6 Å². The number of hydrogen-bond acceptors (Lipinski definition) is 3. The van der Waals surface area contributed by atoms with Crippen LogP contribution in [0.4, 0.5) is 10.1 Å². The third kappa shape index (κ3) is 5.62. The van der Waals surface area contributed by atoms with Gasteiger partial charge in [0, 0.05) is 6.54 Å². The number of halogens is 1. The summed E-state index contributed by atoms with van der Waals surface area (Å²) >= 11 is 0. The van der Waals surface area contributed by atoms with E-state index in [2.05, 4.69) is 10.6 Å². The fraction of sp³-hybridized carbons (Fsp3) is 0.278. The quantitative estimate of drug-likeness (QED) is 0.824. The average molecular weight is 316 g/mol. The fourth-order valence-corrected chi connectivity index (χ4v) is 2.01. The zero-order chi connectivity index (χ0) is 16.7. The van der Waals surface area contributed by atoms with Gasteiger partial charge in [0.25, 0.3) is 0 Å². The number of nitrogens with one attached hydrogen (secondary N) is 2. The third-order valence-electron chi connectivity index (χ3n) is 3.09. The highest BCUT2D eigenvalue weighted by Gasteiger charge is 2.07. The number of hydrogen-bond donors (Lipinski definition) is 2. The standard InChI is InChI=1S/C18H21FN2O2/c1-13(2)23-17-6-4-3-5-16(17)20-12-18(22)21-11-14-7-9-15(19)10-8-14/h3-10,13,20H,11-12H2,1-2H3,(H,21,22). The van der Waals surface area contributed by atoms with Gasteiger partial charge in [-0.1, -0.05) is 24.3 Å². The van der Waals surface area contributed by atoms with E-state index in [0.29, 0.717) is 12.3 Å². The van der Waals surface area contributed by atoms with Crippen molar-refractivity contribution >= 4 is 11.6 Å². The first-order valence-electron chi connectivity index (χ1n) is 7.55. The monoisotopic (exact) mass is 316 g/mol. The van der Waals surface area contributed by atoms with E-state index in [1.165, 1.54) is 12.1 Å². The van der Waals surface area contributed by atoms with Crippen molar-refractivity contribution in [3.63, 3.8) is 0 Å². The predicted molar refractivity (Wildman–Crippen MR) is 88.9 cm³/mol. The number of carbonyl (C=O) groups is 1. The normalized spacial score (nSPS) is 10.4. The van der Waals surface area contributed by atoms with Gasteiger partial charge in [-0.25, -0.2) is 4.39 Å². The maximum atomic E-state index is 12.8. The fourth-order valence-electron chi connectivity index (χ4n) is 2.01. The van der Waals surface area contributed by atoms with Crippen LogP contribution in [0, 0.1) is 5.82 Å². The number of carbonyl (C=O) groups excluding carboxylic acids is 1. The molecule has 0 aromatic heterocycles. The lowest BCUT2D eigenvalue weighted by Crippen LogP contribution is -2.29. The van der Waals surface area contributed by atoms with Crippen molar-refractivity contribution in [3.8, 4) is 5.75 Å². The van der Waals surface area contributed by atoms with Gasteiger partial charge < -0.3 is 15.4 Å². The molecule has 1 amide bonds. The van der Waals surface area contributed by atoms with Gasteiger partial charge >= 0.3 is 0 Å². The first-order valence-corrected chi connectivity index (χ1v) is 7.55. The maximum Gasteiger partial charge on any atom is 0.239 e. The molecule has 0 saturated carbocycles. The van der Waals surface area contributed by atoms with Crippen LogP contribution in [0.2, 0.25) is 0 Å². The van der Waals surface area contributed by atoms with Crippen molar-refractivity contribution in [2.45, 2.75) is 26.5 Å². The summed E-state index contributed by atoms with van der Waals surface area (Å²) in [5, 5.41) is 5.85. The second kappa shape index (κ2) is 8.17. The molecule has 0 spiro atoms. The summed E-state index contributed by atoms with van der Waals surface area (Å²) in [4.78, 5) is 11.9. The lowest BCUT2D eigenvalue weighted by atomic mass is 10.2. The number of anilines is 1. The van der Waals surface area contributed by atoms with Crippen molar-refractivity contribution in [2.24, 2.45) is 0 Å². The number of amides is 1. The van der Waals surface area contributed by atoms with Crippen molar-refractivity contribution in [1.29, 1.82) is 0 Å². The van der Waals surface area contributed by atoms with Gasteiger partial charge in [0.2, 0.25) is 5.91 Å². The molecule has 0 aliphatic heterocycles. The van der Waals surface area contributed by atoms with Gasteiger partial charge in [-0.3, -0.25) is 4.79 Å². The molecule has 0 atom stereocenters. The first kappa shape index (κ1) is 16.8. The highest BCUT2D eigenvalue weighted by Crippen LogP contribution is 2.24.